The number of aromatic nitrogens is 1. The van der Waals surface area contributed by atoms with Gasteiger partial charge in [0.15, 0.2) is 0 Å². The molecule has 0 aliphatic heterocycles. The van der Waals surface area contributed by atoms with E-state index in [0.717, 1.165) is 5.69 Å². The number of rotatable bonds is 4. The molecule has 0 saturated carbocycles. The highest BCUT2D eigenvalue weighted by Gasteiger charge is 2.06. The number of nitrogens with zero attached hydrogens (tertiary/aromatic N) is 2. The summed E-state index contributed by atoms with van der Waals surface area (Å²) in [6.45, 7) is 0. The lowest BCUT2D eigenvalue weighted by molar-refractivity contribution is -0.120. The van der Waals surface area contributed by atoms with Crippen LogP contribution in [0.3, 0.4) is 0 Å². The summed E-state index contributed by atoms with van der Waals surface area (Å²) < 4.78 is 15.3. The number of hydrazone groups is 1. The number of carbonyl (C=O) groups excluding carboxylic acids is 1. The number of halogens is 2. The van der Waals surface area contributed by atoms with Crippen molar-refractivity contribution in [3.8, 4) is 0 Å². The summed E-state index contributed by atoms with van der Waals surface area (Å²) in [5, 5.41) is 3.96. The van der Waals surface area contributed by atoms with Crippen LogP contribution in [0.2, 0.25) is 5.02 Å². The van der Waals surface area contributed by atoms with Gasteiger partial charge >= 0.3 is 0 Å². The quantitative estimate of drug-likeness (QED) is 0.683. The fourth-order valence-electron chi connectivity index (χ4n) is 1.69. The monoisotopic (exact) mass is 293 g/mol. The van der Waals surface area contributed by atoms with Gasteiger partial charge in [-0.05, 0) is 24.3 Å². The predicted octanol–water partition coefficient (Wildman–Crippen LogP) is 2.51. The van der Waals surface area contributed by atoms with Crippen molar-refractivity contribution in [3.05, 3.63) is 58.6 Å². The van der Waals surface area contributed by atoms with Crippen LogP contribution in [0.5, 0.6) is 0 Å². The SMILES string of the molecule is Cn1cccc1CC(=O)N/N=C\c1c(F)cccc1Cl. The zero-order chi connectivity index (χ0) is 14.5. The van der Waals surface area contributed by atoms with Crippen LogP contribution in [-0.2, 0) is 18.3 Å². The van der Waals surface area contributed by atoms with Gasteiger partial charge in [0.05, 0.1) is 17.7 Å². The summed E-state index contributed by atoms with van der Waals surface area (Å²) in [6, 6.07) is 8.03. The van der Waals surface area contributed by atoms with Gasteiger partial charge in [0, 0.05) is 24.5 Å². The van der Waals surface area contributed by atoms with Gasteiger partial charge in [-0.3, -0.25) is 4.79 Å². The van der Waals surface area contributed by atoms with Crippen LogP contribution in [0.1, 0.15) is 11.3 Å². The molecule has 0 fully saturated rings. The van der Waals surface area contributed by atoms with Gasteiger partial charge in [-0.1, -0.05) is 17.7 Å². The summed E-state index contributed by atoms with van der Waals surface area (Å²) in [4.78, 5) is 11.7. The fraction of sp³-hybridized carbons (Fsp3) is 0.143. The van der Waals surface area contributed by atoms with Gasteiger partial charge in [0.1, 0.15) is 5.82 Å². The first-order valence-electron chi connectivity index (χ1n) is 5.94. The largest absolute Gasteiger partial charge is 0.354 e. The van der Waals surface area contributed by atoms with Crippen molar-refractivity contribution in [1.82, 2.24) is 9.99 Å². The Hall–Kier alpha value is -2.14. The Kier molecular flexibility index (Phi) is 4.53. The molecule has 0 aliphatic carbocycles. The third kappa shape index (κ3) is 3.45. The molecule has 1 N–H and O–H groups in total. The Bertz CT molecular complexity index is 631. The number of benzene rings is 1. The maximum atomic E-state index is 13.4. The topological polar surface area (TPSA) is 46.4 Å². The lowest BCUT2D eigenvalue weighted by Gasteiger charge is -2.02. The third-order valence-corrected chi connectivity index (χ3v) is 3.11. The number of hydrogen-bond donors (Lipinski definition) is 1. The number of carbonyl (C=O) groups is 1. The Morgan fingerprint density at radius 2 is 2.25 bits per heavy atom. The fourth-order valence-corrected chi connectivity index (χ4v) is 1.90. The Morgan fingerprint density at radius 3 is 2.90 bits per heavy atom. The molecular formula is C14H13ClFN3O. The van der Waals surface area contributed by atoms with Crippen LogP contribution in [0.25, 0.3) is 0 Å². The van der Waals surface area contributed by atoms with Crippen molar-refractivity contribution < 1.29 is 9.18 Å². The second-order valence-electron chi connectivity index (χ2n) is 4.22. The zero-order valence-electron chi connectivity index (χ0n) is 10.8. The first-order chi connectivity index (χ1) is 9.58. The van der Waals surface area contributed by atoms with Crippen LogP contribution in [0, 0.1) is 5.82 Å². The van der Waals surface area contributed by atoms with Crippen LogP contribution < -0.4 is 5.43 Å². The highest BCUT2D eigenvalue weighted by Crippen LogP contribution is 2.16. The zero-order valence-corrected chi connectivity index (χ0v) is 11.6. The van der Waals surface area contributed by atoms with Crippen LogP contribution in [0.15, 0.2) is 41.6 Å². The van der Waals surface area contributed by atoms with E-state index in [1.807, 2.05) is 29.9 Å². The second kappa shape index (κ2) is 6.34. The third-order valence-electron chi connectivity index (χ3n) is 2.78. The van der Waals surface area contributed by atoms with E-state index in [0.29, 0.717) is 0 Å². The maximum Gasteiger partial charge on any atom is 0.245 e. The molecule has 20 heavy (non-hydrogen) atoms. The molecule has 6 heteroatoms. The minimum atomic E-state index is -0.488. The second-order valence-corrected chi connectivity index (χ2v) is 4.62. The lowest BCUT2D eigenvalue weighted by atomic mass is 10.2. The molecule has 0 atom stereocenters. The van der Waals surface area contributed by atoms with Crippen molar-refractivity contribution in [2.45, 2.75) is 6.42 Å². The minimum absolute atomic E-state index is 0.147. The molecule has 2 aromatic rings. The average molecular weight is 294 g/mol. The Balaban J connectivity index is 1.97. The smallest absolute Gasteiger partial charge is 0.245 e. The predicted molar refractivity (Wildman–Crippen MR) is 76.3 cm³/mol. The Morgan fingerprint density at radius 1 is 1.45 bits per heavy atom. The molecule has 0 unspecified atom stereocenters. The van der Waals surface area contributed by atoms with E-state index in [-0.39, 0.29) is 22.9 Å². The normalized spacial score (nSPS) is 10.9. The molecule has 0 radical (unpaired) electrons. The highest BCUT2D eigenvalue weighted by atomic mass is 35.5. The van der Waals surface area contributed by atoms with E-state index >= 15 is 0 Å². The minimum Gasteiger partial charge on any atom is -0.354 e. The lowest BCUT2D eigenvalue weighted by Crippen LogP contribution is -2.21. The van der Waals surface area contributed by atoms with Crippen molar-refractivity contribution in [3.63, 3.8) is 0 Å². The van der Waals surface area contributed by atoms with Gasteiger partial charge in [-0.25, -0.2) is 9.82 Å². The molecule has 0 aliphatic rings. The van der Waals surface area contributed by atoms with Gasteiger partial charge in [-0.15, -0.1) is 0 Å². The number of hydrogen-bond acceptors (Lipinski definition) is 2. The van der Waals surface area contributed by atoms with Gasteiger partial charge in [-0.2, -0.15) is 5.10 Å². The van der Waals surface area contributed by atoms with Crippen LogP contribution in [0.4, 0.5) is 4.39 Å². The molecular weight excluding hydrogens is 281 g/mol. The first-order valence-corrected chi connectivity index (χ1v) is 6.32. The van der Waals surface area contributed by atoms with Gasteiger partial charge in [0.25, 0.3) is 0 Å². The molecule has 1 aromatic heterocycles. The summed E-state index contributed by atoms with van der Waals surface area (Å²) >= 11 is 5.83. The first kappa shape index (κ1) is 14.3. The van der Waals surface area contributed by atoms with Crippen molar-refractivity contribution >= 4 is 23.7 Å². The maximum absolute atomic E-state index is 13.4. The molecule has 0 spiro atoms. The molecule has 1 aromatic carbocycles. The number of nitrogens with one attached hydrogen (secondary N) is 1. The van der Waals surface area contributed by atoms with Crippen molar-refractivity contribution in [2.75, 3.05) is 0 Å². The summed E-state index contributed by atoms with van der Waals surface area (Å²) in [7, 11) is 1.85. The van der Waals surface area contributed by atoms with E-state index < -0.39 is 5.82 Å². The van der Waals surface area contributed by atoms with Gasteiger partial charge in [0.2, 0.25) is 5.91 Å². The van der Waals surface area contributed by atoms with E-state index in [1.165, 1.54) is 18.3 Å². The molecule has 0 bridgehead atoms. The van der Waals surface area contributed by atoms with Crippen LogP contribution in [-0.4, -0.2) is 16.7 Å². The highest BCUT2D eigenvalue weighted by molar-refractivity contribution is 6.33. The number of aryl methyl sites for hydroxylation is 1. The average Bonchev–Trinajstić information content (AvgIpc) is 2.79. The van der Waals surface area contributed by atoms with E-state index in [2.05, 4.69) is 10.5 Å². The molecule has 4 nitrogen and oxygen atoms in total. The number of amides is 1. The molecule has 1 amide bonds. The summed E-state index contributed by atoms with van der Waals surface area (Å²) in [6.07, 6.45) is 3.25. The standard InChI is InChI=1S/C14H13ClFN3O/c1-19-7-3-4-10(19)8-14(20)18-17-9-11-12(15)5-2-6-13(11)16/h2-7,9H,8H2,1H3,(H,18,20)/b17-9-. The van der Waals surface area contributed by atoms with Crippen molar-refractivity contribution in [1.29, 1.82) is 0 Å². The van der Waals surface area contributed by atoms with E-state index in [4.69, 9.17) is 11.6 Å². The van der Waals surface area contributed by atoms with Gasteiger partial charge < -0.3 is 4.57 Å². The Labute approximate surface area is 120 Å². The summed E-state index contributed by atoms with van der Waals surface area (Å²) in [5.74, 6) is -0.770. The molecule has 2 rings (SSSR count). The van der Waals surface area contributed by atoms with E-state index in [9.17, 15) is 9.18 Å². The molecule has 104 valence electrons. The van der Waals surface area contributed by atoms with E-state index in [1.54, 1.807) is 6.07 Å². The molecule has 0 saturated heterocycles. The van der Waals surface area contributed by atoms with Crippen molar-refractivity contribution in [2.24, 2.45) is 12.1 Å². The molecule has 1 heterocycles. The summed E-state index contributed by atoms with van der Waals surface area (Å²) in [5.41, 5.74) is 3.35. The van der Waals surface area contributed by atoms with Crippen LogP contribution >= 0.6 is 11.6 Å².